The molecule has 0 radical (unpaired) electrons. The van der Waals surface area contributed by atoms with E-state index in [0.717, 1.165) is 30.8 Å². The summed E-state index contributed by atoms with van der Waals surface area (Å²) in [7, 11) is 5.87. The lowest BCUT2D eigenvalue weighted by Gasteiger charge is -2.19. The largest absolute Gasteiger partial charge is 0.493 e. The molecule has 1 amide bonds. The van der Waals surface area contributed by atoms with Gasteiger partial charge in [0.1, 0.15) is 5.75 Å². The molecule has 4 heteroatoms. The molecule has 0 aromatic heterocycles. The first-order valence-electron chi connectivity index (χ1n) is 7.08. The van der Waals surface area contributed by atoms with Gasteiger partial charge in [0.15, 0.2) is 0 Å². The van der Waals surface area contributed by atoms with Gasteiger partial charge < -0.3 is 14.5 Å². The fraction of sp³-hybridized carbons (Fsp3) is 0.562. The molecule has 0 aliphatic rings. The Balaban J connectivity index is 2.20. The van der Waals surface area contributed by atoms with Gasteiger partial charge in [-0.1, -0.05) is 18.2 Å². The van der Waals surface area contributed by atoms with E-state index in [1.807, 2.05) is 52.3 Å². The van der Waals surface area contributed by atoms with Gasteiger partial charge >= 0.3 is 0 Å². The van der Waals surface area contributed by atoms with Gasteiger partial charge in [-0.25, -0.2) is 0 Å². The van der Waals surface area contributed by atoms with Crippen molar-refractivity contribution in [1.29, 1.82) is 0 Å². The molecule has 0 bridgehead atoms. The highest BCUT2D eigenvalue weighted by atomic mass is 16.5. The summed E-state index contributed by atoms with van der Waals surface area (Å²) >= 11 is 0. The zero-order valence-electron chi connectivity index (χ0n) is 13.1. The van der Waals surface area contributed by atoms with Crippen LogP contribution in [0.4, 0.5) is 0 Å². The predicted molar refractivity (Wildman–Crippen MR) is 82.1 cm³/mol. The predicted octanol–water partition coefficient (Wildman–Crippen LogP) is 2.17. The minimum atomic E-state index is 0.181. The minimum Gasteiger partial charge on any atom is -0.493 e. The van der Waals surface area contributed by atoms with E-state index in [1.165, 1.54) is 0 Å². The third-order valence-electron chi connectivity index (χ3n) is 3.19. The Morgan fingerprint density at radius 1 is 1.15 bits per heavy atom. The number of hydrogen-bond acceptors (Lipinski definition) is 3. The second kappa shape index (κ2) is 8.59. The van der Waals surface area contributed by atoms with Crippen LogP contribution in [0.1, 0.15) is 18.4 Å². The lowest BCUT2D eigenvalue weighted by Crippen LogP contribution is -2.33. The van der Waals surface area contributed by atoms with Crippen LogP contribution in [0, 0.1) is 6.92 Å². The molecule has 0 heterocycles. The summed E-state index contributed by atoms with van der Waals surface area (Å²) < 4.78 is 5.69. The minimum absolute atomic E-state index is 0.181. The molecule has 0 saturated heterocycles. The first-order valence-corrected chi connectivity index (χ1v) is 7.08. The lowest BCUT2D eigenvalue weighted by molar-refractivity contribution is -0.130. The van der Waals surface area contributed by atoms with Crippen LogP contribution in [-0.2, 0) is 4.79 Å². The van der Waals surface area contributed by atoms with E-state index in [4.69, 9.17) is 4.74 Å². The molecule has 0 aliphatic carbocycles. The summed E-state index contributed by atoms with van der Waals surface area (Å²) in [6, 6.07) is 7.93. The fourth-order valence-corrected chi connectivity index (χ4v) is 1.79. The van der Waals surface area contributed by atoms with Crippen LogP contribution in [0.3, 0.4) is 0 Å². The standard InChI is InChI=1S/C16H26N2O2/c1-14-8-5-6-9-15(14)20-13-7-10-16(19)18(4)12-11-17(2)3/h5-6,8-9H,7,10-13H2,1-4H3. The molecule has 0 N–H and O–H groups in total. The number of nitrogens with zero attached hydrogens (tertiary/aromatic N) is 2. The lowest BCUT2D eigenvalue weighted by atomic mass is 10.2. The molecule has 1 rings (SSSR count). The third-order valence-corrected chi connectivity index (χ3v) is 3.19. The number of hydrogen-bond donors (Lipinski definition) is 0. The van der Waals surface area contributed by atoms with Gasteiger partial charge in [0.05, 0.1) is 6.61 Å². The van der Waals surface area contributed by atoms with Gasteiger partial charge in [-0.3, -0.25) is 4.79 Å². The first kappa shape index (κ1) is 16.5. The zero-order valence-corrected chi connectivity index (χ0v) is 13.1. The van der Waals surface area contributed by atoms with Gasteiger partial charge in [0, 0.05) is 26.6 Å². The topological polar surface area (TPSA) is 32.8 Å². The Labute approximate surface area is 122 Å². The zero-order chi connectivity index (χ0) is 15.0. The summed E-state index contributed by atoms with van der Waals surface area (Å²) in [5, 5.41) is 0. The summed E-state index contributed by atoms with van der Waals surface area (Å²) in [6.07, 6.45) is 1.29. The number of aryl methyl sites for hydroxylation is 1. The number of ether oxygens (including phenoxy) is 1. The van der Waals surface area contributed by atoms with Crippen LogP contribution in [0.5, 0.6) is 5.75 Å². The second-order valence-electron chi connectivity index (χ2n) is 5.34. The van der Waals surface area contributed by atoms with E-state index in [0.29, 0.717) is 13.0 Å². The van der Waals surface area contributed by atoms with Crippen molar-refractivity contribution in [2.75, 3.05) is 40.8 Å². The Morgan fingerprint density at radius 2 is 1.85 bits per heavy atom. The van der Waals surface area contributed by atoms with Crippen molar-refractivity contribution in [3.63, 3.8) is 0 Å². The average molecular weight is 278 g/mol. The molecular formula is C16H26N2O2. The molecule has 20 heavy (non-hydrogen) atoms. The Hall–Kier alpha value is -1.55. The van der Waals surface area contributed by atoms with Crippen molar-refractivity contribution in [3.05, 3.63) is 29.8 Å². The maximum absolute atomic E-state index is 11.9. The molecule has 0 aliphatic heterocycles. The molecule has 112 valence electrons. The molecule has 0 spiro atoms. The number of rotatable bonds is 8. The molecule has 1 aromatic rings. The quantitative estimate of drug-likeness (QED) is 0.683. The monoisotopic (exact) mass is 278 g/mol. The Morgan fingerprint density at radius 3 is 2.50 bits per heavy atom. The van der Waals surface area contributed by atoms with Crippen LogP contribution in [0.15, 0.2) is 24.3 Å². The first-order chi connectivity index (χ1) is 9.50. The highest BCUT2D eigenvalue weighted by Gasteiger charge is 2.08. The van der Waals surface area contributed by atoms with E-state index in [-0.39, 0.29) is 5.91 Å². The third kappa shape index (κ3) is 6.06. The smallest absolute Gasteiger partial charge is 0.222 e. The van der Waals surface area contributed by atoms with Crippen molar-refractivity contribution in [1.82, 2.24) is 9.80 Å². The van der Waals surface area contributed by atoms with E-state index in [9.17, 15) is 4.79 Å². The SMILES string of the molecule is Cc1ccccc1OCCCC(=O)N(C)CCN(C)C. The highest BCUT2D eigenvalue weighted by Crippen LogP contribution is 2.16. The van der Waals surface area contributed by atoms with E-state index in [1.54, 1.807) is 4.90 Å². The number of benzene rings is 1. The number of para-hydroxylation sites is 1. The number of likely N-dealkylation sites (N-methyl/N-ethyl adjacent to an activating group) is 2. The Kier molecular flexibility index (Phi) is 7.09. The molecule has 1 aromatic carbocycles. The van der Waals surface area contributed by atoms with Crippen molar-refractivity contribution in [3.8, 4) is 5.75 Å². The number of carbonyl (C=O) groups is 1. The summed E-state index contributed by atoms with van der Waals surface area (Å²) in [6.45, 7) is 4.26. The van der Waals surface area contributed by atoms with Crippen molar-refractivity contribution >= 4 is 5.91 Å². The summed E-state index contributed by atoms with van der Waals surface area (Å²) in [4.78, 5) is 15.7. The van der Waals surface area contributed by atoms with Crippen LogP contribution in [0.2, 0.25) is 0 Å². The van der Waals surface area contributed by atoms with Crippen molar-refractivity contribution in [2.24, 2.45) is 0 Å². The van der Waals surface area contributed by atoms with Crippen LogP contribution in [-0.4, -0.2) is 56.5 Å². The molecule has 0 atom stereocenters. The fourth-order valence-electron chi connectivity index (χ4n) is 1.79. The van der Waals surface area contributed by atoms with E-state index >= 15 is 0 Å². The van der Waals surface area contributed by atoms with Gasteiger partial charge in [-0.15, -0.1) is 0 Å². The summed E-state index contributed by atoms with van der Waals surface area (Å²) in [5.41, 5.74) is 1.13. The Bertz CT molecular complexity index is 419. The maximum atomic E-state index is 11.9. The van der Waals surface area contributed by atoms with E-state index < -0.39 is 0 Å². The van der Waals surface area contributed by atoms with E-state index in [2.05, 4.69) is 4.90 Å². The highest BCUT2D eigenvalue weighted by molar-refractivity contribution is 5.75. The summed E-state index contributed by atoms with van der Waals surface area (Å²) in [5.74, 6) is 1.08. The van der Waals surface area contributed by atoms with Crippen LogP contribution >= 0.6 is 0 Å². The number of amides is 1. The van der Waals surface area contributed by atoms with Gasteiger partial charge in [-0.05, 0) is 39.1 Å². The van der Waals surface area contributed by atoms with Gasteiger partial charge in [0.25, 0.3) is 0 Å². The van der Waals surface area contributed by atoms with Gasteiger partial charge in [0.2, 0.25) is 5.91 Å². The number of carbonyl (C=O) groups excluding carboxylic acids is 1. The molecular weight excluding hydrogens is 252 g/mol. The van der Waals surface area contributed by atoms with Crippen LogP contribution in [0.25, 0.3) is 0 Å². The van der Waals surface area contributed by atoms with Crippen LogP contribution < -0.4 is 4.74 Å². The van der Waals surface area contributed by atoms with Crippen molar-refractivity contribution < 1.29 is 9.53 Å². The second-order valence-corrected chi connectivity index (χ2v) is 5.34. The maximum Gasteiger partial charge on any atom is 0.222 e. The van der Waals surface area contributed by atoms with Crippen molar-refractivity contribution in [2.45, 2.75) is 19.8 Å². The molecule has 4 nitrogen and oxygen atoms in total. The molecule has 0 fully saturated rings. The average Bonchev–Trinajstić information content (AvgIpc) is 2.42. The molecule has 0 unspecified atom stereocenters. The normalized spacial score (nSPS) is 10.7. The molecule has 0 saturated carbocycles. The van der Waals surface area contributed by atoms with Gasteiger partial charge in [-0.2, -0.15) is 0 Å².